The Hall–Kier alpha value is -1.26. The summed E-state index contributed by atoms with van der Waals surface area (Å²) in [6, 6.07) is 6.00. The van der Waals surface area contributed by atoms with Gasteiger partial charge < -0.3 is 19.5 Å². The van der Waals surface area contributed by atoms with E-state index < -0.39 is 0 Å². The van der Waals surface area contributed by atoms with Gasteiger partial charge in [0.2, 0.25) is 0 Å². The standard InChI is InChI=1S/C15H21NO3/c1-17-11-3-4-12-13(9-11)19-15(10-14(12)18-2)5-7-16-8-6-15/h3-4,9,14,16H,5-8,10H2,1-2H3. The van der Waals surface area contributed by atoms with Gasteiger partial charge >= 0.3 is 0 Å². The van der Waals surface area contributed by atoms with Crippen molar-refractivity contribution in [3.8, 4) is 11.5 Å². The second-order valence-corrected chi connectivity index (χ2v) is 5.37. The van der Waals surface area contributed by atoms with E-state index in [4.69, 9.17) is 14.2 Å². The predicted octanol–water partition coefficient (Wildman–Crippen LogP) is 2.29. The molecule has 1 saturated heterocycles. The molecular weight excluding hydrogens is 242 g/mol. The molecule has 1 spiro atoms. The number of benzene rings is 1. The molecule has 1 aromatic rings. The Balaban J connectivity index is 1.95. The Bertz CT molecular complexity index is 455. The lowest BCUT2D eigenvalue weighted by molar-refractivity contribution is -0.0480. The third kappa shape index (κ3) is 2.30. The van der Waals surface area contributed by atoms with Crippen molar-refractivity contribution < 1.29 is 14.2 Å². The number of methoxy groups -OCH3 is 2. The van der Waals surface area contributed by atoms with Gasteiger partial charge in [-0.05, 0) is 38.1 Å². The average molecular weight is 263 g/mol. The SMILES string of the molecule is COc1ccc2c(c1)OC1(CCNCC1)CC2OC. The van der Waals surface area contributed by atoms with Gasteiger partial charge in [0, 0.05) is 25.2 Å². The number of rotatable bonds is 2. The van der Waals surface area contributed by atoms with Crippen molar-refractivity contribution in [2.45, 2.75) is 31.0 Å². The molecule has 1 N–H and O–H groups in total. The third-order valence-electron chi connectivity index (χ3n) is 4.25. The van der Waals surface area contributed by atoms with Crippen molar-refractivity contribution in [3.63, 3.8) is 0 Å². The van der Waals surface area contributed by atoms with Gasteiger partial charge in [0.25, 0.3) is 0 Å². The zero-order valence-corrected chi connectivity index (χ0v) is 11.6. The van der Waals surface area contributed by atoms with Crippen molar-refractivity contribution >= 4 is 0 Å². The van der Waals surface area contributed by atoms with Crippen molar-refractivity contribution in [3.05, 3.63) is 23.8 Å². The van der Waals surface area contributed by atoms with Gasteiger partial charge in [-0.25, -0.2) is 0 Å². The summed E-state index contributed by atoms with van der Waals surface area (Å²) in [6.07, 6.45) is 3.12. The summed E-state index contributed by atoms with van der Waals surface area (Å²) in [5, 5.41) is 3.39. The van der Waals surface area contributed by atoms with Gasteiger partial charge in [0.05, 0.1) is 13.2 Å². The minimum absolute atomic E-state index is 0.0781. The van der Waals surface area contributed by atoms with Crippen LogP contribution in [0.25, 0.3) is 0 Å². The summed E-state index contributed by atoms with van der Waals surface area (Å²) in [5.41, 5.74) is 1.05. The molecule has 0 radical (unpaired) electrons. The lowest BCUT2D eigenvalue weighted by atomic mass is 9.82. The smallest absolute Gasteiger partial charge is 0.129 e. The van der Waals surface area contributed by atoms with Gasteiger partial charge in [-0.3, -0.25) is 0 Å². The highest BCUT2D eigenvalue weighted by molar-refractivity contribution is 5.44. The molecule has 1 atom stereocenters. The van der Waals surface area contributed by atoms with Crippen LogP contribution in [0.5, 0.6) is 11.5 Å². The monoisotopic (exact) mass is 263 g/mol. The number of hydrogen-bond donors (Lipinski definition) is 1. The first-order valence-electron chi connectivity index (χ1n) is 6.87. The van der Waals surface area contributed by atoms with E-state index in [2.05, 4.69) is 11.4 Å². The second kappa shape index (κ2) is 5.02. The zero-order valence-electron chi connectivity index (χ0n) is 11.6. The van der Waals surface area contributed by atoms with Gasteiger partial charge in [0.15, 0.2) is 0 Å². The molecule has 2 heterocycles. The predicted molar refractivity (Wildman–Crippen MR) is 72.8 cm³/mol. The molecule has 2 aliphatic rings. The number of nitrogens with one attached hydrogen (secondary N) is 1. The summed E-state index contributed by atoms with van der Waals surface area (Å²) >= 11 is 0. The summed E-state index contributed by atoms with van der Waals surface area (Å²) in [6.45, 7) is 2.02. The van der Waals surface area contributed by atoms with Crippen molar-refractivity contribution in [1.29, 1.82) is 0 Å². The van der Waals surface area contributed by atoms with E-state index in [0.717, 1.165) is 49.4 Å². The molecular formula is C15H21NO3. The first-order chi connectivity index (χ1) is 9.26. The second-order valence-electron chi connectivity index (χ2n) is 5.37. The molecule has 0 bridgehead atoms. The highest BCUT2D eigenvalue weighted by atomic mass is 16.5. The first kappa shape index (κ1) is 12.8. The van der Waals surface area contributed by atoms with E-state index in [-0.39, 0.29) is 11.7 Å². The molecule has 1 unspecified atom stereocenters. The molecule has 3 rings (SSSR count). The van der Waals surface area contributed by atoms with E-state index in [1.807, 2.05) is 12.1 Å². The van der Waals surface area contributed by atoms with Crippen LogP contribution >= 0.6 is 0 Å². The number of fused-ring (bicyclic) bond motifs is 1. The van der Waals surface area contributed by atoms with Crippen molar-refractivity contribution in [2.75, 3.05) is 27.3 Å². The Morgan fingerprint density at radius 1 is 1.26 bits per heavy atom. The molecule has 4 heteroatoms. The molecule has 4 nitrogen and oxygen atoms in total. The van der Waals surface area contributed by atoms with Gasteiger partial charge in [-0.2, -0.15) is 0 Å². The van der Waals surface area contributed by atoms with Crippen molar-refractivity contribution in [2.24, 2.45) is 0 Å². The summed E-state index contributed by atoms with van der Waals surface area (Å²) < 4.78 is 17.3. The van der Waals surface area contributed by atoms with Gasteiger partial charge in [-0.1, -0.05) is 0 Å². The van der Waals surface area contributed by atoms with E-state index in [1.165, 1.54) is 0 Å². The maximum atomic E-state index is 6.33. The van der Waals surface area contributed by atoms with E-state index in [0.29, 0.717) is 0 Å². The van der Waals surface area contributed by atoms with Gasteiger partial charge in [0.1, 0.15) is 17.1 Å². The quantitative estimate of drug-likeness (QED) is 0.888. The summed E-state index contributed by atoms with van der Waals surface area (Å²) in [7, 11) is 3.46. The Morgan fingerprint density at radius 3 is 2.74 bits per heavy atom. The minimum Gasteiger partial charge on any atom is -0.497 e. The van der Waals surface area contributed by atoms with E-state index >= 15 is 0 Å². The van der Waals surface area contributed by atoms with Crippen LogP contribution < -0.4 is 14.8 Å². The molecule has 104 valence electrons. The fourth-order valence-electron chi connectivity index (χ4n) is 3.12. The van der Waals surface area contributed by atoms with Crippen LogP contribution in [0.4, 0.5) is 0 Å². The molecule has 2 aliphatic heterocycles. The largest absolute Gasteiger partial charge is 0.497 e. The lowest BCUT2D eigenvalue weighted by Crippen LogP contribution is -2.49. The molecule has 19 heavy (non-hydrogen) atoms. The van der Waals surface area contributed by atoms with Crippen molar-refractivity contribution in [1.82, 2.24) is 5.32 Å². The van der Waals surface area contributed by atoms with Crippen LogP contribution in [0.15, 0.2) is 18.2 Å². The normalized spacial score (nSPS) is 24.6. The van der Waals surface area contributed by atoms with Crippen LogP contribution in [0.1, 0.15) is 30.9 Å². The maximum Gasteiger partial charge on any atom is 0.129 e. The molecule has 0 saturated carbocycles. The van der Waals surface area contributed by atoms with E-state index in [9.17, 15) is 0 Å². The van der Waals surface area contributed by atoms with Gasteiger partial charge in [-0.15, -0.1) is 0 Å². The Labute approximate surface area is 114 Å². The number of piperidine rings is 1. The first-order valence-corrected chi connectivity index (χ1v) is 6.87. The lowest BCUT2D eigenvalue weighted by Gasteiger charge is -2.44. The number of ether oxygens (including phenoxy) is 3. The summed E-state index contributed by atoms with van der Waals surface area (Å²) in [4.78, 5) is 0. The Morgan fingerprint density at radius 2 is 2.05 bits per heavy atom. The van der Waals surface area contributed by atoms with Crippen LogP contribution in [-0.2, 0) is 4.74 Å². The fraction of sp³-hybridized carbons (Fsp3) is 0.600. The highest BCUT2D eigenvalue weighted by Crippen LogP contribution is 2.45. The van der Waals surface area contributed by atoms with Crippen LogP contribution in [0.3, 0.4) is 0 Å². The maximum absolute atomic E-state index is 6.33. The summed E-state index contributed by atoms with van der Waals surface area (Å²) in [5.74, 6) is 1.75. The number of hydrogen-bond acceptors (Lipinski definition) is 4. The van der Waals surface area contributed by atoms with E-state index in [1.54, 1.807) is 14.2 Å². The molecule has 0 aromatic heterocycles. The Kier molecular flexibility index (Phi) is 3.37. The average Bonchev–Trinajstić information content (AvgIpc) is 2.46. The minimum atomic E-state index is -0.0781. The van der Waals surface area contributed by atoms with Crippen LogP contribution in [-0.4, -0.2) is 32.9 Å². The van der Waals surface area contributed by atoms with Crippen LogP contribution in [0.2, 0.25) is 0 Å². The fourth-order valence-corrected chi connectivity index (χ4v) is 3.12. The molecule has 1 aromatic carbocycles. The molecule has 0 aliphatic carbocycles. The highest BCUT2D eigenvalue weighted by Gasteiger charge is 2.42. The van der Waals surface area contributed by atoms with Crippen LogP contribution in [0, 0.1) is 0 Å². The molecule has 0 amide bonds. The molecule has 1 fully saturated rings. The zero-order chi connectivity index (χ0) is 13.3. The topological polar surface area (TPSA) is 39.7 Å². The third-order valence-corrected chi connectivity index (χ3v) is 4.25.